The molecule has 0 bridgehead atoms. The van der Waals surface area contributed by atoms with Crippen molar-refractivity contribution in [2.75, 3.05) is 38.2 Å². The lowest BCUT2D eigenvalue weighted by molar-refractivity contribution is 0.101. The third-order valence-electron chi connectivity index (χ3n) is 6.64. The molecule has 1 aromatic heterocycles. The predicted molar refractivity (Wildman–Crippen MR) is 137 cm³/mol. The van der Waals surface area contributed by atoms with Crippen LogP contribution in [0.2, 0.25) is 0 Å². The molecule has 8 nitrogen and oxygen atoms in total. The number of hydrogen-bond donors (Lipinski definition) is 0. The number of rotatable bonds is 7. The molecule has 4 aromatic rings. The predicted octanol–water partition coefficient (Wildman–Crippen LogP) is 3.82. The number of fused-ring (bicyclic) bond motifs is 1. The van der Waals surface area contributed by atoms with Crippen LogP contribution >= 0.6 is 0 Å². The Morgan fingerprint density at radius 1 is 0.861 bits per heavy atom. The number of aromatic nitrogens is 1. The Labute approximate surface area is 208 Å². The van der Waals surface area contributed by atoms with E-state index in [2.05, 4.69) is 9.80 Å². The number of carbonyl (C=O) groups excluding carboxylic acids is 2. The number of methoxy groups -OCH3 is 1. The fourth-order valence-electron chi connectivity index (χ4n) is 4.51. The lowest BCUT2D eigenvalue weighted by Crippen LogP contribution is -2.47. The lowest BCUT2D eigenvalue weighted by Gasteiger charge is -2.36. The number of hydrogen-bond acceptors (Lipinski definition) is 7. The average molecular weight is 486 g/mol. The van der Waals surface area contributed by atoms with Gasteiger partial charge in [-0.2, -0.15) is 0 Å². The topological polar surface area (TPSA) is 85.0 Å². The van der Waals surface area contributed by atoms with Crippen molar-refractivity contribution in [2.24, 2.45) is 0 Å². The maximum absolute atomic E-state index is 12.9. The van der Waals surface area contributed by atoms with E-state index in [0.29, 0.717) is 40.2 Å². The van der Waals surface area contributed by atoms with Gasteiger partial charge in [-0.25, -0.2) is 4.79 Å². The number of oxazole rings is 1. The quantitative estimate of drug-likeness (QED) is 0.368. The van der Waals surface area contributed by atoms with Crippen LogP contribution in [0.25, 0.3) is 11.1 Å². The molecule has 8 heteroatoms. The highest BCUT2D eigenvalue weighted by molar-refractivity contribution is 6.10. The number of benzene rings is 3. The van der Waals surface area contributed by atoms with Crippen molar-refractivity contribution in [3.63, 3.8) is 0 Å². The summed E-state index contributed by atoms with van der Waals surface area (Å²) < 4.78 is 12.3. The van der Waals surface area contributed by atoms with Gasteiger partial charge in [0.25, 0.3) is 0 Å². The van der Waals surface area contributed by atoms with Crippen molar-refractivity contribution in [3.8, 4) is 5.75 Å². The van der Waals surface area contributed by atoms with Crippen LogP contribution in [-0.4, -0.2) is 54.3 Å². The Bertz CT molecular complexity index is 1460. The molecular weight excluding hydrogens is 458 g/mol. The second-order valence-electron chi connectivity index (χ2n) is 8.89. The summed E-state index contributed by atoms with van der Waals surface area (Å²) in [6, 6.07) is 19.7. The number of Topliss-reactive ketones (excluding diaryl/α,β-unsaturated/α-hetero) is 1. The largest absolute Gasteiger partial charge is 0.497 e. The summed E-state index contributed by atoms with van der Waals surface area (Å²) in [6.45, 7) is 5.15. The van der Waals surface area contributed by atoms with Gasteiger partial charge in [-0.1, -0.05) is 0 Å². The first-order valence-corrected chi connectivity index (χ1v) is 11.8. The summed E-state index contributed by atoms with van der Waals surface area (Å²) in [4.78, 5) is 41.5. The summed E-state index contributed by atoms with van der Waals surface area (Å²) >= 11 is 0. The molecular formula is C28H27N3O5. The average Bonchev–Trinajstić information content (AvgIpc) is 3.22. The van der Waals surface area contributed by atoms with E-state index in [1.807, 2.05) is 24.3 Å². The molecule has 0 aliphatic carbocycles. The normalized spacial score (nSPS) is 14.2. The first-order chi connectivity index (χ1) is 17.4. The zero-order chi connectivity index (χ0) is 25.2. The van der Waals surface area contributed by atoms with Crippen LogP contribution in [0.4, 0.5) is 5.69 Å². The van der Waals surface area contributed by atoms with Gasteiger partial charge in [-0.3, -0.25) is 19.1 Å². The van der Waals surface area contributed by atoms with E-state index in [0.717, 1.165) is 31.9 Å². The van der Waals surface area contributed by atoms with Crippen molar-refractivity contribution in [1.82, 2.24) is 9.47 Å². The van der Waals surface area contributed by atoms with E-state index in [9.17, 15) is 14.4 Å². The molecule has 0 N–H and O–H groups in total. The monoisotopic (exact) mass is 485 g/mol. The van der Waals surface area contributed by atoms with Gasteiger partial charge >= 0.3 is 5.76 Å². The van der Waals surface area contributed by atoms with Gasteiger partial charge in [0, 0.05) is 48.6 Å². The second-order valence-corrected chi connectivity index (χ2v) is 8.89. The van der Waals surface area contributed by atoms with Crippen molar-refractivity contribution in [2.45, 2.75) is 13.6 Å². The summed E-state index contributed by atoms with van der Waals surface area (Å²) in [5.74, 6) is 0.141. The molecule has 1 aliphatic rings. The van der Waals surface area contributed by atoms with E-state index in [4.69, 9.17) is 9.15 Å². The zero-order valence-electron chi connectivity index (χ0n) is 20.3. The molecule has 0 amide bonds. The maximum Gasteiger partial charge on any atom is 0.421 e. The van der Waals surface area contributed by atoms with Crippen molar-refractivity contribution >= 4 is 28.4 Å². The van der Waals surface area contributed by atoms with Crippen LogP contribution in [0, 0.1) is 0 Å². The van der Waals surface area contributed by atoms with E-state index >= 15 is 0 Å². The smallest absolute Gasteiger partial charge is 0.421 e. The van der Waals surface area contributed by atoms with Gasteiger partial charge in [0.15, 0.2) is 17.1 Å². The van der Waals surface area contributed by atoms with Crippen LogP contribution in [0.1, 0.15) is 33.2 Å². The molecule has 1 aliphatic heterocycles. The summed E-state index contributed by atoms with van der Waals surface area (Å²) in [5, 5.41) is 0. The summed E-state index contributed by atoms with van der Waals surface area (Å²) in [5.41, 5.74) is 3.83. The van der Waals surface area contributed by atoms with Gasteiger partial charge < -0.3 is 14.1 Å². The number of piperazine rings is 1. The number of carbonyl (C=O) groups is 2. The third kappa shape index (κ3) is 4.67. The van der Waals surface area contributed by atoms with Crippen molar-refractivity contribution in [1.29, 1.82) is 0 Å². The summed E-state index contributed by atoms with van der Waals surface area (Å²) in [7, 11) is 1.58. The van der Waals surface area contributed by atoms with E-state index in [-0.39, 0.29) is 11.6 Å². The highest BCUT2D eigenvalue weighted by Gasteiger charge is 2.20. The molecule has 2 heterocycles. The van der Waals surface area contributed by atoms with Crippen LogP contribution in [0.3, 0.4) is 0 Å². The van der Waals surface area contributed by atoms with Gasteiger partial charge in [0.05, 0.1) is 19.3 Å². The van der Waals surface area contributed by atoms with Gasteiger partial charge in [-0.05, 0) is 73.7 Å². The fraction of sp³-hybridized carbons (Fsp3) is 0.250. The maximum atomic E-state index is 12.9. The Balaban J connectivity index is 1.27. The van der Waals surface area contributed by atoms with Crippen molar-refractivity contribution < 1.29 is 18.7 Å². The molecule has 0 unspecified atom stereocenters. The Hall–Kier alpha value is -4.17. The highest BCUT2D eigenvalue weighted by Crippen LogP contribution is 2.21. The number of anilines is 1. The molecule has 0 radical (unpaired) electrons. The van der Waals surface area contributed by atoms with Gasteiger partial charge in [-0.15, -0.1) is 0 Å². The third-order valence-corrected chi connectivity index (χ3v) is 6.64. The van der Waals surface area contributed by atoms with E-state index in [1.165, 1.54) is 0 Å². The lowest BCUT2D eigenvalue weighted by atomic mass is 10.0. The van der Waals surface area contributed by atoms with Crippen LogP contribution in [0.15, 0.2) is 75.9 Å². The number of ether oxygens (including phenoxy) is 1. The van der Waals surface area contributed by atoms with Gasteiger partial charge in [0.1, 0.15) is 5.75 Å². The molecule has 0 saturated carbocycles. The first-order valence-electron chi connectivity index (χ1n) is 11.8. The summed E-state index contributed by atoms with van der Waals surface area (Å²) in [6.07, 6.45) is 0. The molecule has 1 fully saturated rings. The van der Waals surface area contributed by atoms with Crippen LogP contribution in [0.5, 0.6) is 5.75 Å². The second kappa shape index (κ2) is 9.83. The fourth-order valence-corrected chi connectivity index (χ4v) is 4.51. The molecule has 0 spiro atoms. The Morgan fingerprint density at radius 3 is 2.14 bits per heavy atom. The Morgan fingerprint density at radius 2 is 1.50 bits per heavy atom. The van der Waals surface area contributed by atoms with Gasteiger partial charge in [0.2, 0.25) is 0 Å². The van der Waals surface area contributed by atoms with E-state index < -0.39 is 5.76 Å². The molecule has 1 saturated heterocycles. The van der Waals surface area contributed by atoms with E-state index in [1.54, 1.807) is 61.1 Å². The van der Waals surface area contributed by atoms with Crippen molar-refractivity contribution in [3.05, 3.63) is 94.0 Å². The highest BCUT2D eigenvalue weighted by atomic mass is 16.5. The van der Waals surface area contributed by atoms with Crippen LogP contribution in [-0.2, 0) is 6.67 Å². The molecule has 184 valence electrons. The molecule has 5 rings (SSSR count). The number of nitrogens with zero attached hydrogens (tertiary/aromatic N) is 3. The first kappa shape index (κ1) is 23.6. The minimum atomic E-state index is -0.443. The zero-order valence-corrected chi connectivity index (χ0v) is 20.3. The molecule has 3 aromatic carbocycles. The standard InChI is InChI=1S/C28H27N3O5/c1-19(32)20-3-8-23(9-4-20)30-15-13-29(14-16-30)18-31-25-12-7-22(17-26(25)36-28(31)34)27(33)21-5-10-24(35-2)11-6-21/h3-12,17H,13-16,18H2,1-2H3. The minimum Gasteiger partial charge on any atom is -0.497 e. The number of ketones is 2. The SMILES string of the molecule is COc1ccc(C(=O)c2ccc3c(c2)oc(=O)n3CN2CCN(c3ccc(C(C)=O)cc3)CC2)cc1. The minimum absolute atomic E-state index is 0.0568. The van der Waals surface area contributed by atoms with Crippen LogP contribution < -0.4 is 15.4 Å². The molecule has 36 heavy (non-hydrogen) atoms. The molecule has 0 atom stereocenters. The Kier molecular flexibility index (Phi) is 6.43.